The zero-order valence-electron chi connectivity index (χ0n) is 22.7. The van der Waals surface area contributed by atoms with E-state index in [0.29, 0.717) is 42.3 Å². The summed E-state index contributed by atoms with van der Waals surface area (Å²) in [5.74, 6) is -0.899. The van der Waals surface area contributed by atoms with Gasteiger partial charge in [-0.25, -0.2) is 4.68 Å². The molecule has 8 heteroatoms. The number of fused-ring (bicyclic) bond motifs is 1. The number of hydrogen-bond acceptors (Lipinski definition) is 5. The van der Waals surface area contributed by atoms with Crippen molar-refractivity contribution in [3.05, 3.63) is 93.5 Å². The lowest BCUT2D eigenvalue weighted by Gasteiger charge is -2.31. The van der Waals surface area contributed by atoms with Crippen LogP contribution in [0.3, 0.4) is 0 Å². The summed E-state index contributed by atoms with van der Waals surface area (Å²) in [6, 6.07) is 19.3. The third-order valence-corrected chi connectivity index (χ3v) is 7.85. The number of nitrogens with zero attached hydrogens (tertiary/aromatic N) is 3. The van der Waals surface area contributed by atoms with Crippen molar-refractivity contribution in [1.29, 1.82) is 0 Å². The molecule has 2 unspecified atom stereocenters. The zero-order chi connectivity index (χ0) is 28.0. The fraction of sp³-hybridized carbons (Fsp3) is 0.387. The minimum absolute atomic E-state index is 0.263. The fourth-order valence-electron chi connectivity index (χ4n) is 5.21. The van der Waals surface area contributed by atoms with Gasteiger partial charge in [0.05, 0.1) is 23.6 Å². The number of rotatable bonds is 13. The van der Waals surface area contributed by atoms with Crippen LogP contribution >= 0.6 is 11.6 Å². The van der Waals surface area contributed by atoms with Crippen LogP contribution in [0.4, 0.5) is 0 Å². The third-order valence-electron chi connectivity index (χ3n) is 7.51. The molecule has 1 heterocycles. The summed E-state index contributed by atoms with van der Waals surface area (Å²) in [5.41, 5.74) is 4.53. The van der Waals surface area contributed by atoms with Gasteiger partial charge < -0.3 is 14.9 Å². The third kappa shape index (κ3) is 6.32. The molecule has 1 aromatic heterocycles. The minimum atomic E-state index is -1.16. The van der Waals surface area contributed by atoms with E-state index >= 15 is 0 Å². The Kier molecular flexibility index (Phi) is 9.38. The second kappa shape index (κ2) is 12.7. The van der Waals surface area contributed by atoms with Gasteiger partial charge >= 0.3 is 5.97 Å². The van der Waals surface area contributed by atoms with Gasteiger partial charge in [-0.05, 0) is 79.5 Å². The Morgan fingerprint density at radius 3 is 2.56 bits per heavy atom. The summed E-state index contributed by atoms with van der Waals surface area (Å²) >= 11 is 6.25. The average molecular weight is 550 g/mol. The molecule has 0 saturated heterocycles. The number of unbranched alkanes of at least 4 members (excludes halogenated alkanes) is 1. The van der Waals surface area contributed by atoms with Crippen molar-refractivity contribution in [2.45, 2.75) is 71.1 Å². The van der Waals surface area contributed by atoms with Crippen molar-refractivity contribution < 1.29 is 19.7 Å². The van der Waals surface area contributed by atoms with Gasteiger partial charge in [0.15, 0.2) is 0 Å². The number of hydrogen-bond donors (Lipinski definition) is 2. The average Bonchev–Trinajstić information content (AvgIpc) is 3.34. The summed E-state index contributed by atoms with van der Waals surface area (Å²) < 4.78 is 7.67. The highest BCUT2D eigenvalue weighted by molar-refractivity contribution is 6.31. The maximum Gasteiger partial charge on any atom is 0.314 e. The van der Waals surface area contributed by atoms with E-state index in [-0.39, 0.29) is 6.42 Å². The molecule has 3 aromatic carbocycles. The molecule has 0 fully saturated rings. The van der Waals surface area contributed by atoms with Gasteiger partial charge in [-0.2, -0.15) is 0 Å². The Morgan fingerprint density at radius 1 is 1.10 bits per heavy atom. The predicted molar refractivity (Wildman–Crippen MR) is 153 cm³/mol. The van der Waals surface area contributed by atoms with Gasteiger partial charge in [-0.3, -0.25) is 4.79 Å². The minimum Gasteiger partial charge on any atom is -0.481 e. The molecule has 0 aliphatic rings. The molecular weight excluding hydrogens is 514 g/mol. The Morgan fingerprint density at radius 2 is 1.87 bits per heavy atom. The van der Waals surface area contributed by atoms with Crippen LogP contribution in [0.5, 0.6) is 0 Å². The van der Waals surface area contributed by atoms with E-state index in [1.54, 1.807) is 19.1 Å². The molecule has 2 N–H and O–H groups in total. The summed E-state index contributed by atoms with van der Waals surface area (Å²) in [4.78, 5) is 12.8. The van der Waals surface area contributed by atoms with Crippen LogP contribution in [0.15, 0.2) is 60.7 Å². The maximum atomic E-state index is 12.8. The topological polar surface area (TPSA) is 97.5 Å². The molecule has 0 aliphatic carbocycles. The number of carboxylic acids is 1. The van der Waals surface area contributed by atoms with Crippen LogP contribution in [0, 0.1) is 6.92 Å². The second-order valence-electron chi connectivity index (χ2n) is 10.1. The van der Waals surface area contributed by atoms with Gasteiger partial charge in [0.1, 0.15) is 5.52 Å². The number of ether oxygens (including phenoxy) is 1. The van der Waals surface area contributed by atoms with E-state index in [4.69, 9.17) is 16.3 Å². The van der Waals surface area contributed by atoms with Gasteiger partial charge in [0, 0.05) is 18.2 Å². The van der Waals surface area contributed by atoms with Crippen molar-refractivity contribution in [2.24, 2.45) is 0 Å². The molecule has 0 amide bonds. The molecule has 0 bridgehead atoms. The van der Waals surface area contributed by atoms with Crippen molar-refractivity contribution in [3.63, 3.8) is 0 Å². The number of carboxylic acid groups (broad SMARTS) is 1. The molecule has 0 spiro atoms. The van der Waals surface area contributed by atoms with Crippen LogP contribution in [-0.2, 0) is 34.5 Å². The molecule has 4 aromatic rings. The van der Waals surface area contributed by atoms with Gasteiger partial charge in [0.2, 0.25) is 0 Å². The number of aliphatic carboxylic acids is 1. The van der Waals surface area contributed by atoms with Crippen LogP contribution in [0.25, 0.3) is 11.0 Å². The molecule has 7 nitrogen and oxygen atoms in total. The summed E-state index contributed by atoms with van der Waals surface area (Å²) in [6.45, 7) is 7.44. The van der Waals surface area contributed by atoms with Crippen molar-refractivity contribution >= 4 is 28.6 Å². The first-order valence-corrected chi connectivity index (χ1v) is 13.8. The Hall–Kier alpha value is -3.26. The van der Waals surface area contributed by atoms with Gasteiger partial charge in [-0.1, -0.05) is 72.3 Å². The smallest absolute Gasteiger partial charge is 0.314 e. The summed E-state index contributed by atoms with van der Waals surface area (Å²) in [7, 11) is 0. The Balaban J connectivity index is 1.50. The van der Waals surface area contributed by atoms with Crippen LogP contribution in [-0.4, -0.2) is 37.8 Å². The van der Waals surface area contributed by atoms with Crippen molar-refractivity contribution in [1.82, 2.24) is 15.0 Å². The van der Waals surface area contributed by atoms with E-state index in [9.17, 15) is 15.0 Å². The lowest BCUT2D eigenvalue weighted by atomic mass is 9.71. The molecule has 206 valence electrons. The predicted octanol–water partition coefficient (Wildman–Crippen LogP) is 6.42. The van der Waals surface area contributed by atoms with E-state index in [0.717, 1.165) is 40.6 Å². The maximum absolute atomic E-state index is 12.8. The van der Waals surface area contributed by atoms with Crippen LogP contribution in [0.2, 0.25) is 5.02 Å². The lowest BCUT2D eigenvalue weighted by Crippen LogP contribution is -2.38. The molecular formula is C31H36ClN3O4. The standard InChI is InChI=1S/C31H36ClN3O4/c1-4-31(30(37)38,19-24-12-14-27(32)25(18-24)22(3)36)26-13-15-28-29(21(26)2)33-34-35(28)16-8-9-17-39-20-23-10-6-5-7-11-23/h5-7,10-15,18,22,36H,4,8-9,16-17,19-20H2,1-3H3,(H,37,38). The normalized spacial score (nSPS) is 13.9. The first kappa shape index (κ1) is 28.7. The first-order valence-electron chi connectivity index (χ1n) is 13.4. The summed E-state index contributed by atoms with van der Waals surface area (Å²) in [5, 5.41) is 29.9. The monoisotopic (exact) mass is 549 g/mol. The largest absolute Gasteiger partial charge is 0.481 e. The zero-order valence-corrected chi connectivity index (χ0v) is 23.5. The van der Waals surface area contributed by atoms with Crippen molar-refractivity contribution in [2.75, 3.05) is 6.61 Å². The molecule has 0 radical (unpaired) electrons. The SMILES string of the molecule is CCC(Cc1ccc(Cl)c(C(C)O)c1)(C(=O)O)c1ccc2c(nnn2CCCCOCc2ccccc2)c1C. The number of benzene rings is 3. The molecule has 4 rings (SSSR count). The number of aliphatic hydroxyl groups excluding tert-OH is 1. The Labute approximate surface area is 234 Å². The fourth-order valence-corrected chi connectivity index (χ4v) is 5.48. The van der Waals surface area contributed by atoms with Gasteiger partial charge in [-0.15, -0.1) is 5.10 Å². The van der Waals surface area contributed by atoms with Crippen LogP contribution < -0.4 is 0 Å². The number of aromatic nitrogens is 3. The number of carbonyl (C=O) groups is 1. The van der Waals surface area contributed by atoms with Crippen LogP contribution in [0.1, 0.15) is 67.0 Å². The van der Waals surface area contributed by atoms with Crippen molar-refractivity contribution in [3.8, 4) is 0 Å². The highest BCUT2D eigenvalue weighted by atomic mass is 35.5. The second-order valence-corrected chi connectivity index (χ2v) is 10.5. The van der Waals surface area contributed by atoms with E-state index in [1.165, 1.54) is 0 Å². The van der Waals surface area contributed by atoms with E-state index < -0.39 is 17.5 Å². The van der Waals surface area contributed by atoms with E-state index in [2.05, 4.69) is 22.4 Å². The molecule has 39 heavy (non-hydrogen) atoms. The first-order chi connectivity index (χ1) is 18.8. The molecule has 0 saturated carbocycles. The highest BCUT2D eigenvalue weighted by Gasteiger charge is 2.40. The quantitative estimate of drug-likeness (QED) is 0.187. The highest BCUT2D eigenvalue weighted by Crippen LogP contribution is 2.38. The summed E-state index contributed by atoms with van der Waals surface area (Å²) in [6.07, 6.45) is 1.70. The number of halogens is 1. The Bertz CT molecular complexity index is 1420. The van der Waals surface area contributed by atoms with E-state index in [1.807, 2.05) is 54.9 Å². The number of aliphatic hydroxyl groups is 1. The molecule has 2 atom stereocenters. The lowest BCUT2D eigenvalue weighted by molar-refractivity contribution is -0.144. The molecule has 0 aliphatic heterocycles. The van der Waals surface area contributed by atoms with Gasteiger partial charge in [0.25, 0.3) is 0 Å². The number of aryl methyl sites for hydroxylation is 2.